The minimum Gasteiger partial charge on any atom is -0.495 e. The number of hydrogen-bond acceptors (Lipinski definition) is 6. The highest BCUT2D eigenvalue weighted by molar-refractivity contribution is 7.89. The predicted molar refractivity (Wildman–Crippen MR) is 94.6 cm³/mol. The van der Waals surface area contributed by atoms with Crippen LogP contribution in [-0.2, 0) is 10.0 Å². The first kappa shape index (κ1) is 18.5. The van der Waals surface area contributed by atoms with Crippen molar-refractivity contribution in [3.63, 3.8) is 0 Å². The molecule has 0 heterocycles. The van der Waals surface area contributed by atoms with Gasteiger partial charge in [0.2, 0.25) is 0 Å². The molecule has 0 unspecified atom stereocenters. The van der Waals surface area contributed by atoms with Gasteiger partial charge < -0.3 is 20.8 Å². The number of carbonyl (C=O) groups excluding carboxylic acids is 1. The highest BCUT2D eigenvalue weighted by Gasteiger charge is 2.13. The number of anilines is 2. The van der Waals surface area contributed by atoms with Crippen LogP contribution in [0.15, 0.2) is 53.4 Å². The zero-order chi connectivity index (χ0) is 18.3. The van der Waals surface area contributed by atoms with Gasteiger partial charge in [-0.25, -0.2) is 13.2 Å². The predicted octanol–water partition coefficient (Wildman–Crippen LogP) is 1.26. The summed E-state index contributed by atoms with van der Waals surface area (Å²) in [5.41, 5.74) is 6.17. The van der Waals surface area contributed by atoms with Crippen molar-refractivity contribution in [1.29, 1.82) is 0 Å². The van der Waals surface area contributed by atoms with Crippen molar-refractivity contribution in [2.24, 2.45) is 0 Å². The van der Waals surface area contributed by atoms with Gasteiger partial charge in [-0.15, -0.1) is 4.83 Å². The van der Waals surface area contributed by atoms with Crippen molar-refractivity contribution < 1.29 is 17.9 Å². The van der Waals surface area contributed by atoms with Crippen LogP contribution in [0.5, 0.6) is 5.75 Å². The van der Waals surface area contributed by atoms with Crippen molar-refractivity contribution in [2.45, 2.75) is 4.90 Å². The molecule has 0 atom stereocenters. The van der Waals surface area contributed by atoms with Crippen LogP contribution in [0.3, 0.4) is 0 Å². The van der Waals surface area contributed by atoms with Crippen LogP contribution < -0.4 is 31.2 Å². The number of urea groups is 1. The van der Waals surface area contributed by atoms with Gasteiger partial charge >= 0.3 is 6.03 Å². The number of ether oxygens (including phenoxy) is 1. The third-order valence-electron chi connectivity index (χ3n) is 3.14. The Kier molecular flexibility index (Phi) is 6.17. The minimum absolute atomic E-state index is 0.0317. The summed E-state index contributed by atoms with van der Waals surface area (Å²) in [4.78, 5) is 13.4. The zero-order valence-electron chi connectivity index (χ0n) is 13.7. The molecule has 0 bridgehead atoms. The van der Waals surface area contributed by atoms with E-state index in [-0.39, 0.29) is 4.90 Å². The lowest BCUT2D eigenvalue weighted by molar-refractivity contribution is 0.254. The summed E-state index contributed by atoms with van der Waals surface area (Å²) in [5.74, 6) is 0.554. The number of sulfonamides is 1. The Hall–Kier alpha value is -2.82. The molecule has 2 aromatic carbocycles. The number of rotatable bonds is 7. The zero-order valence-corrected chi connectivity index (χ0v) is 14.5. The molecular weight excluding hydrogens is 346 g/mol. The van der Waals surface area contributed by atoms with Crippen molar-refractivity contribution in [2.75, 3.05) is 24.9 Å². The fraction of sp³-hybridized carbons (Fsp3) is 0.133. The number of nitrogens with one attached hydrogen (secondary N) is 5. The highest BCUT2D eigenvalue weighted by Crippen LogP contribution is 2.21. The molecule has 0 aliphatic rings. The number of amides is 2. The molecule has 25 heavy (non-hydrogen) atoms. The molecule has 10 heteroatoms. The first-order chi connectivity index (χ1) is 12.0. The smallest absolute Gasteiger partial charge is 0.318 e. The van der Waals surface area contributed by atoms with Crippen molar-refractivity contribution in [1.82, 2.24) is 15.7 Å². The summed E-state index contributed by atoms with van der Waals surface area (Å²) < 4.78 is 29.6. The molecule has 0 fully saturated rings. The second kappa shape index (κ2) is 8.33. The maximum atomic E-state index is 12.2. The molecule has 0 radical (unpaired) electrons. The van der Waals surface area contributed by atoms with E-state index in [1.807, 2.05) is 0 Å². The molecule has 0 saturated carbocycles. The number of benzene rings is 2. The van der Waals surface area contributed by atoms with E-state index >= 15 is 0 Å². The van der Waals surface area contributed by atoms with Gasteiger partial charge in [0.05, 0.1) is 17.7 Å². The molecule has 2 aromatic rings. The lowest BCUT2D eigenvalue weighted by atomic mass is 10.3. The van der Waals surface area contributed by atoms with E-state index in [2.05, 4.69) is 26.4 Å². The molecule has 5 N–H and O–H groups in total. The summed E-state index contributed by atoms with van der Waals surface area (Å²) in [6.07, 6.45) is 0. The van der Waals surface area contributed by atoms with Gasteiger partial charge in [0.15, 0.2) is 0 Å². The number of hydrogen-bond donors (Lipinski definition) is 5. The van der Waals surface area contributed by atoms with Crippen LogP contribution in [0.4, 0.5) is 16.2 Å². The number of para-hydroxylation sites is 2. The molecule has 0 aliphatic carbocycles. The second-order valence-electron chi connectivity index (χ2n) is 4.78. The summed E-state index contributed by atoms with van der Waals surface area (Å²) >= 11 is 0. The topological polar surface area (TPSA) is 121 Å². The summed E-state index contributed by atoms with van der Waals surface area (Å²) in [5, 5.41) is 4.94. The van der Waals surface area contributed by atoms with Crippen molar-refractivity contribution >= 4 is 27.4 Å². The van der Waals surface area contributed by atoms with Crippen molar-refractivity contribution in [3.05, 3.63) is 48.5 Å². The Morgan fingerprint density at radius 3 is 2.36 bits per heavy atom. The van der Waals surface area contributed by atoms with E-state index < -0.39 is 16.1 Å². The van der Waals surface area contributed by atoms with Crippen LogP contribution in [-0.4, -0.2) is 28.6 Å². The molecule has 0 saturated heterocycles. The van der Waals surface area contributed by atoms with Gasteiger partial charge in [-0.05, 0) is 36.4 Å². The molecule has 2 amide bonds. The van der Waals surface area contributed by atoms with Crippen LogP contribution >= 0.6 is 0 Å². The van der Waals surface area contributed by atoms with Crippen molar-refractivity contribution in [3.8, 4) is 5.75 Å². The first-order valence-corrected chi connectivity index (χ1v) is 8.69. The summed E-state index contributed by atoms with van der Waals surface area (Å²) in [6, 6.07) is 12.3. The molecular formula is C15H19N5O4S. The Bertz CT molecular complexity index is 824. The fourth-order valence-corrected chi connectivity index (χ4v) is 2.68. The van der Waals surface area contributed by atoms with E-state index in [0.717, 1.165) is 0 Å². The van der Waals surface area contributed by atoms with Gasteiger partial charge in [0, 0.05) is 12.7 Å². The lowest BCUT2D eigenvalue weighted by Gasteiger charge is -2.13. The van der Waals surface area contributed by atoms with E-state index in [1.54, 1.807) is 24.3 Å². The van der Waals surface area contributed by atoms with Gasteiger partial charge in [0.1, 0.15) is 5.75 Å². The molecule has 0 spiro atoms. The van der Waals surface area contributed by atoms with E-state index in [4.69, 9.17) is 4.74 Å². The first-order valence-electron chi connectivity index (χ1n) is 7.21. The van der Waals surface area contributed by atoms with Crippen LogP contribution in [0.2, 0.25) is 0 Å². The number of hydrazine groups is 2. The highest BCUT2D eigenvalue weighted by atomic mass is 32.2. The lowest BCUT2D eigenvalue weighted by Crippen LogP contribution is -2.41. The Morgan fingerprint density at radius 1 is 1.04 bits per heavy atom. The van der Waals surface area contributed by atoms with Crippen LogP contribution in [0.25, 0.3) is 0 Å². The molecule has 0 aliphatic heterocycles. The van der Waals surface area contributed by atoms with Crippen LogP contribution in [0, 0.1) is 0 Å². The Morgan fingerprint density at radius 2 is 1.72 bits per heavy atom. The molecule has 9 nitrogen and oxygen atoms in total. The monoisotopic (exact) mass is 365 g/mol. The fourth-order valence-electron chi connectivity index (χ4n) is 1.88. The maximum absolute atomic E-state index is 12.2. The normalized spacial score (nSPS) is 10.8. The number of carbonyl (C=O) groups is 1. The molecule has 0 aromatic heterocycles. The quantitative estimate of drug-likeness (QED) is 0.471. The summed E-state index contributed by atoms with van der Waals surface area (Å²) in [7, 11) is -0.796. The van der Waals surface area contributed by atoms with Gasteiger partial charge in [-0.3, -0.25) is 0 Å². The van der Waals surface area contributed by atoms with Gasteiger partial charge in [-0.1, -0.05) is 12.1 Å². The molecule has 134 valence electrons. The van der Waals surface area contributed by atoms with E-state index in [9.17, 15) is 13.2 Å². The second-order valence-corrected chi connectivity index (χ2v) is 6.47. The Balaban J connectivity index is 1.98. The largest absolute Gasteiger partial charge is 0.495 e. The number of methoxy groups -OCH3 is 1. The standard InChI is InChI=1S/C15H19N5O4S/c1-16-15(21)17-11-7-9-12(10-8-11)25(22,23)20-19-18-13-5-3-4-6-14(13)24-2/h3-10,18-20H,1-2H3,(H2,16,17,21). The van der Waals surface area contributed by atoms with Gasteiger partial charge in [-0.2, -0.15) is 5.53 Å². The average molecular weight is 365 g/mol. The summed E-state index contributed by atoms with van der Waals surface area (Å²) in [6.45, 7) is 0. The molecule has 2 rings (SSSR count). The minimum atomic E-state index is -3.79. The third-order valence-corrected chi connectivity index (χ3v) is 4.40. The average Bonchev–Trinajstić information content (AvgIpc) is 2.62. The van der Waals surface area contributed by atoms with E-state index in [0.29, 0.717) is 17.1 Å². The van der Waals surface area contributed by atoms with E-state index in [1.165, 1.54) is 38.4 Å². The third kappa shape index (κ3) is 5.08. The van der Waals surface area contributed by atoms with Crippen LogP contribution in [0.1, 0.15) is 0 Å². The van der Waals surface area contributed by atoms with Gasteiger partial charge in [0.25, 0.3) is 10.0 Å². The maximum Gasteiger partial charge on any atom is 0.318 e. The Labute approximate surface area is 145 Å². The SMILES string of the molecule is CNC(=O)Nc1ccc(S(=O)(=O)NNNc2ccccc2OC)cc1.